The molecule has 1 saturated heterocycles. The maximum absolute atomic E-state index is 12.6. The number of carbonyl (C=O) groups excluding carboxylic acids is 2. The van der Waals surface area contributed by atoms with Gasteiger partial charge in [-0.1, -0.05) is 23.2 Å². The van der Waals surface area contributed by atoms with Gasteiger partial charge in [-0.3, -0.25) is 14.9 Å². The molecule has 0 aliphatic carbocycles. The summed E-state index contributed by atoms with van der Waals surface area (Å²) in [4.78, 5) is 31.2. The number of hydrogen-bond acceptors (Lipinski definition) is 6. The molecule has 1 atom stereocenters. The molecule has 4 rings (SSSR count). The molecule has 3 heterocycles. The number of rotatable bonds is 6. The molecule has 0 spiro atoms. The molecule has 152 valence electrons. The van der Waals surface area contributed by atoms with Crippen LogP contribution in [0.5, 0.6) is 0 Å². The number of fused-ring (bicyclic) bond motifs is 1. The first-order valence-electron chi connectivity index (χ1n) is 8.83. The lowest BCUT2D eigenvalue weighted by atomic mass is 10.1. The maximum atomic E-state index is 12.6. The predicted molar refractivity (Wildman–Crippen MR) is 112 cm³/mol. The smallest absolute Gasteiger partial charge is 0.250 e. The fourth-order valence-corrected chi connectivity index (χ4v) is 4.40. The van der Waals surface area contributed by atoms with Crippen LogP contribution in [0.25, 0.3) is 16.2 Å². The van der Waals surface area contributed by atoms with E-state index in [1.807, 2.05) is 5.38 Å². The van der Waals surface area contributed by atoms with Crippen LogP contribution >= 0.6 is 34.5 Å². The van der Waals surface area contributed by atoms with Gasteiger partial charge < -0.3 is 9.64 Å². The monoisotopic (exact) mass is 453 g/mol. The van der Waals surface area contributed by atoms with Crippen LogP contribution in [0.15, 0.2) is 23.6 Å². The number of benzene rings is 1. The molecule has 0 saturated carbocycles. The summed E-state index contributed by atoms with van der Waals surface area (Å²) >= 11 is 13.8. The van der Waals surface area contributed by atoms with E-state index in [0.29, 0.717) is 34.7 Å². The molecule has 3 aromatic rings. The van der Waals surface area contributed by atoms with Gasteiger partial charge in [-0.2, -0.15) is 4.98 Å². The zero-order valence-electron chi connectivity index (χ0n) is 15.4. The van der Waals surface area contributed by atoms with Crippen LogP contribution in [0.4, 0.5) is 5.95 Å². The van der Waals surface area contributed by atoms with E-state index in [4.69, 9.17) is 27.9 Å². The molecule has 0 bridgehead atoms. The van der Waals surface area contributed by atoms with E-state index in [-0.39, 0.29) is 24.2 Å². The standard InChI is InChI=1S/C18H17Cl2N5O3S/c1-28-5-4-24-8-10(6-15(24)26)16(27)21-17-22-18-25(23-17)14(9-29-18)12-7-11(19)2-3-13(12)20/h2-3,7,9-10H,4-6,8H2,1H3,(H,21,23,27). The van der Waals surface area contributed by atoms with Gasteiger partial charge in [0.1, 0.15) is 0 Å². The molecular weight excluding hydrogens is 437 g/mol. The van der Waals surface area contributed by atoms with E-state index in [0.717, 1.165) is 11.3 Å². The molecule has 1 aliphatic rings. The van der Waals surface area contributed by atoms with E-state index in [1.165, 1.54) is 11.3 Å². The van der Waals surface area contributed by atoms with E-state index in [2.05, 4.69) is 15.4 Å². The number of carbonyl (C=O) groups is 2. The van der Waals surface area contributed by atoms with Crippen molar-refractivity contribution in [1.82, 2.24) is 19.5 Å². The third-order valence-corrected chi connectivity index (χ3v) is 6.05. The average molecular weight is 454 g/mol. The van der Waals surface area contributed by atoms with E-state index >= 15 is 0 Å². The quantitative estimate of drug-likeness (QED) is 0.618. The van der Waals surface area contributed by atoms with Crippen molar-refractivity contribution >= 4 is 57.3 Å². The maximum Gasteiger partial charge on any atom is 0.250 e. The van der Waals surface area contributed by atoms with Crippen molar-refractivity contribution in [3.63, 3.8) is 0 Å². The number of hydrogen-bond donors (Lipinski definition) is 1. The van der Waals surface area contributed by atoms with Gasteiger partial charge in [-0.25, -0.2) is 4.52 Å². The summed E-state index contributed by atoms with van der Waals surface area (Å²) in [7, 11) is 1.58. The molecule has 2 aromatic heterocycles. The molecule has 1 unspecified atom stereocenters. The van der Waals surface area contributed by atoms with Gasteiger partial charge in [0, 0.05) is 42.6 Å². The summed E-state index contributed by atoms with van der Waals surface area (Å²) in [6, 6.07) is 5.18. The minimum absolute atomic E-state index is 0.0566. The Morgan fingerprint density at radius 2 is 2.24 bits per heavy atom. The molecule has 11 heteroatoms. The summed E-state index contributed by atoms with van der Waals surface area (Å²) < 4.78 is 6.61. The fraction of sp³-hybridized carbons (Fsp3) is 0.333. The molecule has 29 heavy (non-hydrogen) atoms. The van der Waals surface area contributed by atoms with Crippen LogP contribution in [0.1, 0.15) is 6.42 Å². The highest BCUT2D eigenvalue weighted by Crippen LogP contribution is 2.33. The van der Waals surface area contributed by atoms with Crippen LogP contribution in [-0.4, -0.2) is 58.1 Å². The van der Waals surface area contributed by atoms with Crippen LogP contribution in [0.3, 0.4) is 0 Å². The molecule has 1 N–H and O–H groups in total. The van der Waals surface area contributed by atoms with Crippen molar-refractivity contribution in [2.24, 2.45) is 5.92 Å². The lowest BCUT2D eigenvalue weighted by Crippen LogP contribution is -2.31. The second kappa shape index (κ2) is 8.27. The number of nitrogens with one attached hydrogen (secondary N) is 1. The van der Waals surface area contributed by atoms with Gasteiger partial charge in [0.2, 0.25) is 22.7 Å². The highest BCUT2D eigenvalue weighted by Gasteiger charge is 2.34. The third-order valence-electron chi connectivity index (χ3n) is 4.67. The first-order valence-corrected chi connectivity index (χ1v) is 10.5. The normalized spacial score (nSPS) is 16.7. The lowest BCUT2D eigenvalue weighted by molar-refractivity contribution is -0.128. The summed E-state index contributed by atoms with van der Waals surface area (Å²) in [5.74, 6) is -0.593. The van der Waals surface area contributed by atoms with Gasteiger partial charge in [-0.15, -0.1) is 16.4 Å². The number of anilines is 1. The Bertz CT molecular complexity index is 1080. The minimum atomic E-state index is -0.442. The van der Waals surface area contributed by atoms with E-state index in [1.54, 1.807) is 34.7 Å². The average Bonchev–Trinajstić information content (AvgIpc) is 3.36. The molecule has 0 radical (unpaired) electrons. The van der Waals surface area contributed by atoms with Crippen molar-refractivity contribution < 1.29 is 14.3 Å². The molecule has 2 amide bonds. The number of likely N-dealkylation sites (tertiary alicyclic amines) is 1. The molecule has 8 nitrogen and oxygen atoms in total. The van der Waals surface area contributed by atoms with Crippen LogP contribution < -0.4 is 5.32 Å². The van der Waals surface area contributed by atoms with Crippen LogP contribution in [0, 0.1) is 5.92 Å². The molecular formula is C18H17Cl2N5O3S. The number of thiazole rings is 1. The number of amides is 2. The van der Waals surface area contributed by atoms with Crippen LogP contribution in [-0.2, 0) is 14.3 Å². The van der Waals surface area contributed by atoms with E-state index in [9.17, 15) is 9.59 Å². The summed E-state index contributed by atoms with van der Waals surface area (Å²) in [5.41, 5.74) is 1.45. The van der Waals surface area contributed by atoms with Crippen molar-refractivity contribution in [1.29, 1.82) is 0 Å². The fourth-order valence-electron chi connectivity index (χ4n) is 3.19. The molecule has 1 aromatic carbocycles. The van der Waals surface area contributed by atoms with Gasteiger partial charge in [-0.05, 0) is 18.2 Å². The summed E-state index contributed by atoms with van der Waals surface area (Å²) in [6.45, 7) is 1.27. The first kappa shape index (κ1) is 20.1. The van der Waals surface area contributed by atoms with Gasteiger partial charge in [0.25, 0.3) is 0 Å². The van der Waals surface area contributed by atoms with E-state index < -0.39 is 5.92 Å². The zero-order valence-corrected chi connectivity index (χ0v) is 17.7. The van der Waals surface area contributed by atoms with Gasteiger partial charge in [0.05, 0.1) is 23.2 Å². The number of nitrogens with zero attached hydrogens (tertiary/aromatic N) is 4. The third kappa shape index (κ3) is 4.09. The largest absolute Gasteiger partial charge is 0.383 e. The highest BCUT2D eigenvalue weighted by molar-refractivity contribution is 7.15. The Labute approximate surface area is 180 Å². The Balaban J connectivity index is 1.51. The SMILES string of the molecule is COCCN1CC(C(=O)Nc2nc3scc(-c4cc(Cl)ccc4Cl)n3n2)CC1=O. The van der Waals surface area contributed by atoms with Crippen molar-refractivity contribution in [2.75, 3.05) is 32.1 Å². The number of ether oxygens (including phenoxy) is 1. The van der Waals surface area contributed by atoms with Crippen molar-refractivity contribution in [3.8, 4) is 11.3 Å². The number of methoxy groups -OCH3 is 1. The summed E-state index contributed by atoms with van der Waals surface area (Å²) in [5, 5.41) is 10.1. The van der Waals surface area contributed by atoms with Crippen molar-refractivity contribution in [2.45, 2.75) is 6.42 Å². The Kier molecular flexibility index (Phi) is 5.73. The highest BCUT2D eigenvalue weighted by atomic mass is 35.5. The van der Waals surface area contributed by atoms with Crippen molar-refractivity contribution in [3.05, 3.63) is 33.6 Å². The Hall–Kier alpha value is -2.20. The summed E-state index contributed by atoms with van der Waals surface area (Å²) in [6.07, 6.45) is 0.168. The number of aromatic nitrogens is 3. The minimum Gasteiger partial charge on any atom is -0.383 e. The second-order valence-electron chi connectivity index (χ2n) is 6.60. The predicted octanol–water partition coefficient (Wildman–Crippen LogP) is 3.20. The molecule has 1 aliphatic heterocycles. The Morgan fingerprint density at radius 3 is 3.03 bits per heavy atom. The zero-order chi connectivity index (χ0) is 20.5. The topological polar surface area (TPSA) is 88.8 Å². The second-order valence-corrected chi connectivity index (χ2v) is 8.28. The number of halogens is 2. The van der Waals surface area contributed by atoms with Gasteiger partial charge in [0.15, 0.2) is 0 Å². The lowest BCUT2D eigenvalue weighted by Gasteiger charge is -2.15. The molecule has 1 fully saturated rings. The Morgan fingerprint density at radius 1 is 1.41 bits per heavy atom. The van der Waals surface area contributed by atoms with Crippen LogP contribution in [0.2, 0.25) is 10.0 Å². The van der Waals surface area contributed by atoms with Gasteiger partial charge >= 0.3 is 0 Å². The first-order chi connectivity index (χ1) is 14.0.